The van der Waals surface area contributed by atoms with Crippen LogP contribution in [-0.4, -0.2) is 24.4 Å². The number of likely N-dealkylation sites (N-methyl/N-ethyl adjacent to an activating group) is 1. The first-order valence-electron chi connectivity index (χ1n) is 4.41. The Morgan fingerprint density at radius 1 is 1.29 bits per heavy atom. The molecule has 0 radical (unpaired) electrons. The number of rotatable bonds is 1. The number of hydrogen-bond donors (Lipinski definition) is 0. The Balaban J connectivity index is 2.45. The molecule has 0 spiro atoms. The Kier molecular flexibility index (Phi) is 2.00. The van der Waals surface area contributed by atoms with Gasteiger partial charge < -0.3 is 10.0 Å². The molecule has 0 aliphatic carbocycles. The van der Waals surface area contributed by atoms with Gasteiger partial charge in [-0.3, -0.25) is 4.79 Å². The van der Waals surface area contributed by atoms with Crippen molar-refractivity contribution < 1.29 is 9.90 Å². The van der Waals surface area contributed by atoms with Gasteiger partial charge in [-0.2, -0.15) is 0 Å². The number of nitrogens with zero attached hydrogens (tertiary/aromatic N) is 1. The van der Waals surface area contributed by atoms with Gasteiger partial charge in [0.2, 0.25) is 0 Å². The van der Waals surface area contributed by atoms with Gasteiger partial charge in [-0.25, -0.2) is 0 Å². The maximum Gasteiger partial charge on any atom is 0.253 e. The van der Waals surface area contributed by atoms with Crippen molar-refractivity contribution in [1.29, 1.82) is 0 Å². The molecule has 3 heteroatoms. The largest absolute Gasteiger partial charge is 0.874 e. The van der Waals surface area contributed by atoms with Gasteiger partial charge in [0.15, 0.2) is 0 Å². The van der Waals surface area contributed by atoms with E-state index in [9.17, 15) is 9.90 Å². The molecule has 3 nitrogen and oxygen atoms in total. The van der Waals surface area contributed by atoms with Gasteiger partial charge in [0.25, 0.3) is 5.91 Å². The predicted octanol–water partition coefficient (Wildman–Crippen LogP) is 0.230. The van der Waals surface area contributed by atoms with Gasteiger partial charge in [-0.15, -0.1) is 0 Å². The zero-order valence-corrected chi connectivity index (χ0v) is 7.86. The van der Waals surface area contributed by atoms with Crippen LogP contribution in [0.15, 0.2) is 36.1 Å². The monoisotopic (exact) mass is 188 g/mol. The first kappa shape index (κ1) is 8.81. The van der Waals surface area contributed by atoms with Crippen molar-refractivity contribution in [3.8, 4) is 0 Å². The van der Waals surface area contributed by atoms with Crippen LogP contribution in [0.4, 0.5) is 0 Å². The third-order valence-corrected chi connectivity index (χ3v) is 2.28. The molecule has 0 N–H and O–H groups in total. The summed E-state index contributed by atoms with van der Waals surface area (Å²) in [6.07, 6.45) is 0. The molecule has 1 aromatic carbocycles. The van der Waals surface area contributed by atoms with Crippen LogP contribution in [0.3, 0.4) is 0 Å². The van der Waals surface area contributed by atoms with Crippen LogP contribution < -0.4 is 5.11 Å². The zero-order valence-electron chi connectivity index (χ0n) is 7.86. The number of amides is 1. The highest BCUT2D eigenvalue weighted by Gasteiger charge is 2.23. The lowest BCUT2D eigenvalue weighted by Gasteiger charge is -2.09. The highest BCUT2D eigenvalue weighted by Crippen LogP contribution is 2.23. The summed E-state index contributed by atoms with van der Waals surface area (Å²) in [6.45, 7) is 0.197. The minimum atomic E-state index is -0.179. The Morgan fingerprint density at radius 3 is 2.43 bits per heavy atom. The van der Waals surface area contributed by atoms with Gasteiger partial charge >= 0.3 is 0 Å². The van der Waals surface area contributed by atoms with Crippen molar-refractivity contribution in [2.45, 2.75) is 0 Å². The average molecular weight is 188 g/mol. The van der Waals surface area contributed by atoms with E-state index in [1.54, 1.807) is 19.2 Å². The van der Waals surface area contributed by atoms with Gasteiger partial charge in [0, 0.05) is 19.2 Å². The predicted molar refractivity (Wildman–Crippen MR) is 51.0 cm³/mol. The van der Waals surface area contributed by atoms with E-state index in [4.69, 9.17) is 0 Å². The van der Waals surface area contributed by atoms with Crippen molar-refractivity contribution >= 4 is 11.5 Å². The minimum Gasteiger partial charge on any atom is -0.874 e. The fourth-order valence-electron chi connectivity index (χ4n) is 1.57. The summed E-state index contributed by atoms with van der Waals surface area (Å²) < 4.78 is 0. The second kappa shape index (κ2) is 3.18. The fraction of sp³-hybridized carbons (Fsp3) is 0.182. The molecule has 0 bridgehead atoms. The van der Waals surface area contributed by atoms with Crippen molar-refractivity contribution in [2.24, 2.45) is 0 Å². The molecule has 0 atom stereocenters. The SMILES string of the molecule is CN1CC([O-])=C(c2ccccc2)C1=O. The van der Waals surface area contributed by atoms with Crippen LogP contribution in [-0.2, 0) is 4.79 Å². The standard InChI is InChI=1S/C11H11NO2/c1-12-7-9(13)10(11(12)14)8-5-3-2-4-6-8/h2-6,13H,7H2,1H3/p-1. The number of carbonyl (C=O) groups is 1. The van der Waals surface area contributed by atoms with E-state index in [1.807, 2.05) is 18.2 Å². The molecule has 0 fully saturated rings. The molecular formula is C11H10NO2-. The zero-order chi connectivity index (χ0) is 10.1. The maximum atomic E-state index is 11.6. The van der Waals surface area contributed by atoms with Crippen LogP contribution in [0, 0.1) is 0 Å². The highest BCUT2D eigenvalue weighted by molar-refractivity contribution is 6.21. The minimum absolute atomic E-state index is 0.0938. The van der Waals surface area contributed by atoms with Crippen molar-refractivity contribution in [2.75, 3.05) is 13.6 Å². The molecule has 1 heterocycles. The lowest BCUT2D eigenvalue weighted by molar-refractivity contribution is -0.303. The second-order valence-electron chi connectivity index (χ2n) is 3.33. The van der Waals surface area contributed by atoms with Crippen LogP contribution >= 0.6 is 0 Å². The smallest absolute Gasteiger partial charge is 0.253 e. The quantitative estimate of drug-likeness (QED) is 0.633. The molecule has 72 valence electrons. The van der Waals surface area contributed by atoms with Gasteiger partial charge in [0.05, 0.1) is 0 Å². The molecule has 2 rings (SSSR count). The third-order valence-electron chi connectivity index (χ3n) is 2.28. The molecule has 1 aliphatic heterocycles. The van der Waals surface area contributed by atoms with E-state index in [-0.39, 0.29) is 18.2 Å². The molecule has 1 amide bonds. The molecule has 0 aromatic heterocycles. The third kappa shape index (κ3) is 1.27. The van der Waals surface area contributed by atoms with Crippen LogP contribution in [0.1, 0.15) is 5.56 Å². The van der Waals surface area contributed by atoms with Crippen molar-refractivity contribution in [3.05, 3.63) is 41.7 Å². The fourth-order valence-corrected chi connectivity index (χ4v) is 1.57. The molecule has 1 aliphatic rings. The second-order valence-corrected chi connectivity index (χ2v) is 3.33. The van der Waals surface area contributed by atoms with Crippen LogP contribution in [0.5, 0.6) is 0 Å². The number of hydrogen-bond acceptors (Lipinski definition) is 2. The Morgan fingerprint density at radius 2 is 1.93 bits per heavy atom. The topological polar surface area (TPSA) is 43.4 Å². The summed E-state index contributed by atoms with van der Waals surface area (Å²) in [7, 11) is 1.64. The van der Waals surface area contributed by atoms with E-state index in [1.165, 1.54) is 4.90 Å². The summed E-state index contributed by atoms with van der Waals surface area (Å²) in [4.78, 5) is 13.0. The van der Waals surface area contributed by atoms with E-state index < -0.39 is 0 Å². The van der Waals surface area contributed by atoms with Gasteiger partial charge in [-0.1, -0.05) is 36.1 Å². The molecular weight excluding hydrogens is 178 g/mol. The summed E-state index contributed by atoms with van der Waals surface area (Å²) in [6, 6.07) is 9.06. The van der Waals surface area contributed by atoms with Gasteiger partial charge in [0.1, 0.15) is 0 Å². The number of carbonyl (C=O) groups excluding carboxylic acids is 1. The first-order valence-corrected chi connectivity index (χ1v) is 4.41. The molecule has 0 saturated carbocycles. The van der Waals surface area contributed by atoms with E-state index >= 15 is 0 Å². The average Bonchev–Trinajstić information content (AvgIpc) is 2.43. The highest BCUT2D eigenvalue weighted by atomic mass is 16.3. The summed E-state index contributed by atoms with van der Waals surface area (Å²) >= 11 is 0. The maximum absolute atomic E-state index is 11.6. The first-order chi connectivity index (χ1) is 6.70. The van der Waals surface area contributed by atoms with E-state index in [2.05, 4.69) is 0 Å². The Bertz CT molecular complexity index is 395. The summed E-state index contributed by atoms with van der Waals surface area (Å²) in [5.41, 5.74) is 1.03. The Hall–Kier alpha value is -1.77. The van der Waals surface area contributed by atoms with Crippen molar-refractivity contribution in [3.63, 3.8) is 0 Å². The normalized spacial score (nSPS) is 16.6. The van der Waals surface area contributed by atoms with Gasteiger partial charge in [-0.05, 0) is 5.56 Å². The Labute approximate surface area is 82.3 Å². The summed E-state index contributed by atoms with van der Waals surface area (Å²) in [5.74, 6) is -0.273. The summed E-state index contributed by atoms with van der Waals surface area (Å²) in [5, 5.41) is 11.5. The molecule has 14 heavy (non-hydrogen) atoms. The molecule has 1 aromatic rings. The van der Waals surface area contributed by atoms with Crippen LogP contribution in [0.2, 0.25) is 0 Å². The van der Waals surface area contributed by atoms with Crippen molar-refractivity contribution in [1.82, 2.24) is 4.90 Å². The van der Waals surface area contributed by atoms with E-state index in [0.717, 1.165) is 0 Å². The van der Waals surface area contributed by atoms with E-state index in [0.29, 0.717) is 11.1 Å². The molecule has 0 saturated heterocycles. The number of benzene rings is 1. The molecule has 0 unspecified atom stereocenters. The lowest BCUT2D eigenvalue weighted by Crippen LogP contribution is -2.22. The van der Waals surface area contributed by atoms with Crippen LogP contribution in [0.25, 0.3) is 5.57 Å². The lowest BCUT2D eigenvalue weighted by atomic mass is 10.1.